The van der Waals surface area contributed by atoms with Gasteiger partial charge in [-0.1, -0.05) is 0 Å². The van der Waals surface area contributed by atoms with Gasteiger partial charge in [0, 0.05) is 0 Å². The molecule has 0 aromatic rings. The van der Waals surface area contributed by atoms with Gasteiger partial charge in [-0.2, -0.15) is 0 Å². The zero-order valence-corrected chi connectivity index (χ0v) is 7.66. The van der Waals surface area contributed by atoms with E-state index in [-0.39, 0.29) is 0 Å². The van der Waals surface area contributed by atoms with Crippen LogP contribution in [0.1, 0.15) is 0 Å². The maximum absolute atomic E-state index is 10.5. The Bertz CT molecular complexity index is 248. The molecule has 4 N–H and O–H groups in total. The van der Waals surface area contributed by atoms with Crippen molar-refractivity contribution in [2.45, 2.75) is 6.04 Å². The van der Waals surface area contributed by atoms with Crippen LogP contribution in [0.4, 0.5) is 0 Å². The largest absolute Gasteiger partial charge is 0.480 e. The molecule has 0 aliphatic heterocycles. The zero-order valence-electron chi connectivity index (χ0n) is 7.66. The lowest BCUT2D eigenvalue weighted by Gasteiger charge is -2.23. The van der Waals surface area contributed by atoms with E-state index in [9.17, 15) is 14.4 Å². The molecule has 0 aromatic carbocycles. The van der Waals surface area contributed by atoms with Crippen LogP contribution in [-0.2, 0) is 14.4 Å². The molecule has 0 aromatic heterocycles. The van der Waals surface area contributed by atoms with Crippen molar-refractivity contribution in [2.75, 3.05) is 19.7 Å². The van der Waals surface area contributed by atoms with Crippen molar-refractivity contribution in [3.8, 4) is 0 Å². The maximum Gasteiger partial charge on any atom is 0.323 e. The average Bonchev–Trinajstić information content (AvgIpc) is 2.01. The average molecular weight is 221 g/mol. The Hall–Kier alpha value is -1.67. The van der Waals surface area contributed by atoms with Gasteiger partial charge in [0.15, 0.2) is 0 Å². The van der Waals surface area contributed by atoms with Crippen molar-refractivity contribution >= 4 is 17.9 Å². The van der Waals surface area contributed by atoms with Gasteiger partial charge in [-0.15, -0.1) is 0 Å². The Balaban J connectivity index is 4.64. The third kappa shape index (κ3) is 4.93. The molecule has 0 unspecified atom stereocenters. The van der Waals surface area contributed by atoms with Gasteiger partial charge in [-0.25, -0.2) is 0 Å². The number of carbonyl (C=O) groups is 3. The predicted molar refractivity (Wildman–Crippen MR) is 45.4 cm³/mol. The minimum atomic E-state index is -1.53. The lowest BCUT2D eigenvalue weighted by Crippen LogP contribution is -2.48. The summed E-state index contributed by atoms with van der Waals surface area (Å²) in [4.78, 5) is 31.8. The monoisotopic (exact) mass is 221 g/mol. The Morgan fingerprint density at radius 3 is 1.60 bits per heavy atom. The van der Waals surface area contributed by atoms with Crippen LogP contribution in [0.3, 0.4) is 0 Å². The molecule has 0 heterocycles. The summed E-state index contributed by atoms with van der Waals surface area (Å²) in [5.41, 5.74) is 0. The van der Waals surface area contributed by atoms with Crippen molar-refractivity contribution in [2.24, 2.45) is 0 Å². The second-order valence-electron chi connectivity index (χ2n) is 2.73. The Morgan fingerprint density at radius 2 is 1.40 bits per heavy atom. The molecule has 0 radical (unpaired) electrons. The van der Waals surface area contributed by atoms with Gasteiger partial charge >= 0.3 is 17.9 Å². The molecule has 0 saturated heterocycles. The summed E-state index contributed by atoms with van der Waals surface area (Å²) in [6.45, 7) is -2.37. The number of rotatable bonds is 7. The zero-order chi connectivity index (χ0) is 12.0. The fraction of sp³-hybridized carbons (Fsp3) is 0.571. The molecule has 0 rings (SSSR count). The summed E-state index contributed by atoms with van der Waals surface area (Å²) < 4.78 is 0. The lowest BCUT2D eigenvalue weighted by molar-refractivity contribution is -0.150. The van der Waals surface area contributed by atoms with E-state index >= 15 is 0 Å². The molecule has 86 valence electrons. The second-order valence-corrected chi connectivity index (χ2v) is 2.73. The Labute approximate surface area is 84.4 Å². The van der Waals surface area contributed by atoms with Crippen LogP contribution < -0.4 is 0 Å². The minimum absolute atomic E-state index is 0.646. The van der Waals surface area contributed by atoms with Gasteiger partial charge < -0.3 is 20.4 Å². The molecule has 0 saturated carbocycles. The van der Waals surface area contributed by atoms with Crippen LogP contribution in [0, 0.1) is 0 Å². The van der Waals surface area contributed by atoms with Crippen LogP contribution in [0.15, 0.2) is 0 Å². The van der Waals surface area contributed by atoms with Crippen molar-refractivity contribution in [3.63, 3.8) is 0 Å². The number of aliphatic hydroxyl groups excluding tert-OH is 1. The van der Waals surface area contributed by atoms with Gasteiger partial charge in [-0.05, 0) is 0 Å². The molecule has 0 amide bonds. The van der Waals surface area contributed by atoms with Crippen LogP contribution in [0.25, 0.3) is 0 Å². The molecule has 8 heteroatoms. The maximum atomic E-state index is 10.5. The van der Waals surface area contributed by atoms with E-state index in [1.807, 2.05) is 0 Å². The van der Waals surface area contributed by atoms with Crippen LogP contribution in [-0.4, -0.2) is 69.0 Å². The molecule has 0 aliphatic carbocycles. The number of aliphatic hydroxyl groups is 1. The van der Waals surface area contributed by atoms with E-state index in [1.54, 1.807) is 0 Å². The summed E-state index contributed by atoms with van der Waals surface area (Å²) in [6, 6.07) is -1.53. The molecule has 0 aliphatic rings. The summed E-state index contributed by atoms with van der Waals surface area (Å²) in [6.07, 6.45) is 0. The van der Waals surface area contributed by atoms with Gasteiger partial charge in [0.1, 0.15) is 6.04 Å². The first-order valence-electron chi connectivity index (χ1n) is 3.89. The highest BCUT2D eigenvalue weighted by Gasteiger charge is 2.28. The Kier molecular flexibility index (Phi) is 5.27. The van der Waals surface area contributed by atoms with E-state index in [1.165, 1.54) is 0 Å². The number of aliphatic carboxylic acids is 3. The smallest absolute Gasteiger partial charge is 0.323 e. The number of carboxylic acid groups (broad SMARTS) is 3. The number of hydrogen-bond donors (Lipinski definition) is 4. The summed E-state index contributed by atoms with van der Waals surface area (Å²) >= 11 is 0. The van der Waals surface area contributed by atoms with E-state index < -0.39 is 43.6 Å². The topological polar surface area (TPSA) is 135 Å². The first-order valence-corrected chi connectivity index (χ1v) is 3.89. The Morgan fingerprint density at radius 1 is 1.00 bits per heavy atom. The van der Waals surface area contributed by atoms with Crippen LogP contribution in [0.5, 0.6) is 0 Å². The van der Waals surface area contributed by atoms with E-state index in [2.05, 4.69) is 0 Å². The predicted octanol–water partition coefficient (Wildman–Crippen LogP) is -2.10. The molecule has 15 heavy (non-hydrogen) atoms. The first kappa shape index (κ1) is 13.3. The van der Waals surface area contributed by atoms with E-state index in [4.69, 9.17) is 20.4 Å². The van der Waals surface area contributed by atoms with E-state index in [0.29, 0.717) is 4.90 Å². The second kappa shape index (κ2) is 5.94. The van der Waals surface area contributed by atoms with Crippen molar-refractivity contribution < 1.29 is 34.8 Å². The van der Waals surface area contributed by atoms with Gasteiger partial charge in [0.2, 0.25) is 0 Å². The van der Waals surface area contributed by atoms with Crippen LogP contribution >= 0.6 is 0 Å². The molecule has 0 spiro atoms. The molecular formula is C7H11NO7. The summed E-state index contributed by atoms with van der Waals surface area (Å²) in [5, 5.41) is 34.1. The number of nitrogens with zero attached hydrogens (tertiary/aromatic N) is 1. The molecule has 0 fully saturated rings. The van der Waals surface area contributed by atoms with Crippen molar-refractivity contribution in [3.05, 3.63) is 0 Å². The molecule has 0 bridgehead atoms. The van der Waals surface area contributed by atoms with Crippen LogP contribution in [0.2, 0.25) is 0 Å². The quantitative estimate of drug-likeness (QED) is 0.384. The van der Waals surface area contributed by atoms with Gasteiger partial charge in [-0.3, -0.25) is 19.3 Å². The molecule has 8 nitrogen and oxygen atoms in total. The lowest BCUT2D eigenvalue weighted by atomic mass is 10.2. The fourth-order valence-electron chi connectivity index (χ4n) is 0.974. The van der Waals surface area contributed by atoms with Crippen molar-refractivity contribution in [1.82, 2.24) is 4.90 Å². The van der Waals surface area contributed by atoms with Gasteiger partial charge in [0.05, 0.1) is 19.7 Å². The SMILES string of the molecule is O=C(O)CN(CC(=O)O)[C@@H](CO)C(=O)O. The third-order valence-electron chi connectivity index (χ3n) is 1.58. The first-order chi connectivity index (χ1) is 6.88. The number of hydrogen-bond acceptors (Lipinski definition) is 5. The number of carboxylic acids is 3. The standard InChI is InChI=1S/C7H11NO7/c9-3-4(7(14)15)8(1-5(10)11)2-6(12)13/h4,9H,1-3H2,(H,10,11)(H,12,13)(H,14,15)/t4-/m0/s1. The molecule has 1 atom stereocenters. The summed E-state index contributed by atoms with van der Waals surface area (Å²) in [5.74, 6) is -4.20. The highest BCUT2D eigenvalue weighted by Crippen LogP contribution is 1.99. The highest BCUT2D eigenvalue weighted by atomic mass is 16.4. The van der Waals surface area contributed by atoms with Gasteiger partial charge in [0.25, 0.3) is 0 Å². The van der Waals surface area contributed by atoms with E-state index in [0.717, 1.165) is 0 Å². The summed E-state index contributed by atoms with van der Waals surface area (Å²) in [7, 11) is 0. The fourth-order valence-corrected chi connectivity index (χ4v) is 0.974. The molecular weight excluding hydrogens is 210 g/mol. The minimum Gasteiger partial charge on any atom is -0.480 e. The normalized spacial score (nSPS) is 12.4. The third-order valence-corrected chi connectivity index (χ3v) is 1.58. The van der Waals surface area contributed by atoms with Crippen molar-refractivity contribution in [1.29, 1.82) is 0 Å². The highest BCUT2D eigenvalue weighted by molar-refractivity contribution is 5.78.